The summed E-state index contributed by atoms with van der Waals surface area (Å²) < 4.78 is 38.9. The molecular weight excluding hydrogens is 357 g/mol. The van der Waals surface area contributed by atoms with Crippen LogP contribution in [0.1, 0.15) is 23.7 Å². The van der Waals surface area contributed by atoms with Gasteiger partial charge in [0, 0.05) is 55.0 Å². The summed E-state index contributed by atoms with van der Waals surface area (Å²) >= 11 is 0. The van der Waals surface area contributed by atoms with Crippen LogP contribution in [-0.2, 0) is 23.9 Å². The minimum Gasteiger partial charge on any atom is -0.355 e. The lowest BCUT2D eigenvalue weighted by Gasteiger charge is -2.26. The summed E-state index contributed by atoms with van der Waals surface area (Å²) in [5, 5.41) is 3.88. The van der Waals surface area contributed by atoms with E-state index in [0.29, 0.717) is 36.5 Å². The average Bonchev–Trinajstić information content (AvgIpc) is 3.00. The minimum absolute atomic E-state index is 0.00808. The number of H-pyrrole nitrogens is 1. The van der Waals surface area contributed by atoms with E-state index >= 15 is 0 Å². The van der Waals surface area contributed by atoms with Crippen LogP contribution in [0.3, 0.4) is 0 Å². The first kappa shape index (κ1) is 17.4. The lowest BCUT2D eigenvalue weighted by atomic mass is 10.0. The first-order chi connectivity index (χ1) is 12.8. The quantitative estimate of drug-likeness (QED) is 0.706. The van der Waals surface area contributed by atoms with E-state index in [9.17, 15) is 18.0 Å². The van der Waals surface area contributed by atoms with Crippen molar-refractivity contribution < 1.29 is 18.0 Å². The lowest BCUT2D eigenvalue weighted by Crippen LogP contribution is -2.34. The summed E-state index contributed by atoms with van der Waals surface area (Å²) in [6, 6.07) is 6.79. The van der Waals surface area contributed by atoms with E-state index in [0.717, 1.165) is 28.8 Å². The molecule has 1 aliphatic rings. The number of fused-ring (bicyclic) bond motifs is 3. The second kappa shape index (κ2) is 6.29. The van der Waals surface area contributed by atoms with E-state index in [4.69, 9.17) is 0 Å². The minimum atomic E-state index is -4.40. The predicted octanol–water partition coefficient (Wildman–Crippen LogP) is 4.23. The highest BCUT2D eigenvalue weighted by Gasteiger charge is 2.30. The Morgan fingerprint density at radius 2 is 2.11 bits per heavy atom. The van der Waals surface area contributed by atoms with Gasteiger partial charge in [0.15, 0.2) is 0 Å². The molecule has 27 heavy (non-hydrogen) atoms. The van der Waals surface area contributed by atoms with E-state index in [-0.39, 0.29) is 5.91 Å². The number of benzene rings is 1. The molecule has 3 aromatic rings. The summed E-state index contributed by atoms with van der Waals surface area (Å²) in [4.78, 5) is 21.1. The van der Waals surface area contributed by atoms with Gasteiger partial charge in [0.05, 0.1) is 11.3 Å². The third kappa shape index (κ3) is 3.22. The number of alkyl halides is 3. The molecule has 0 bridgehead atoms. The number of hydrogen-bond acceptors (Lipinski definition) is 3. The fraction of sp³-hybridized carbons (Fsp3) is 0.263. The summed E-state index contributed by atoms with van der Waals surface area (Å²) in [5.74, 6) is -0.00808. The normalized spacial score (nSPS) is 14.3. The van der Waals surface area contributed by atoms with Gasteiger partial charge in [-0.2, -0.15) is 13.2 Å². The van der Waals surface area contributed by atoms with Crippen LogP contribution in [0.25, 0.3) is 11.0 Å². The maximum Gasteiger partial charge on any atom is 0.416 e. The van der Waals surface area contributed by atoms with Crippen LogP contribution >= 0.6 is 0 Å². The van der Waals surface area contributed by atoms with Gasteiger partial charge in [-0.25, -0.2) is 4.98 Å². The molecule has 3 heterocycles. The van der Waals surface area contributed by atoms with Gasteiger partial charge >= 0.3 is 6.18 Å². The van der Waals surface area contributed by atoms with Gasteiger partial charge in [0.25, 0.3) is 0 Å². The van der Waals surface area contributed by atoms with Gasteiger partial charge < -0.3 is 15.2 Å². The van der Waals surface area contributed by atoms with Crippen molar-refractivity contribution in [2.45, 2.75) is 26.1 Å². The summed E-state index contributed by atoms with van der Waals surface area (Å²) in [5.41, 5.74) is 2.90. The molecule has 2 N–H and O–H groups in total. The van der Waals surface area contributed by atoms with Crippen molar-refractivity contribution in [3.63, 3.8) is 0 Å². The molecule has 0 atom stereocenters. The Hall–Kier alpha value is -3.03. The molecule has 0 fully saturated rings. The van der Waals surface area contributed by atoms with Crippen LogP contribution in [0.15, 0.2) is 36.5 Å². The number of anilines is 2. The second-order valence-electron chi connectivity index (χ2n) is 6.56. The Kier molecular flexibility index (Phi) is 4.05. The molecule has 4 rings (SSSR count). The number of carbonyl (C=O) groups excluding carboxylic acids is 1. The molecule has 5 nitrogen and oxygen atoms in total. The van der Waals surface area contributed by atoms with Crippen molar-refractivity contribution in [1.29, 1.82) is 0 Å². The maximum atomic E-state index is 13.0. The molecule has 140 valence electrons. The molecule has 1 aliphatic heterocycles. The number of pyridine rings is 1. The van der Waals surface area contributed by atoms with Gasteiger partial charge in [-0.05, 0) is 24.3 Å². The van der Waals surface area contributed by atoms with E-state index in [2.05, 4.69) is 15.3 Å². The molecule has 1 aromatic carbocycles. The fourth-order valence-corrected chi connectivity index (χ4v) is 3.44. The lowest BCUT2D eigenvalue weighted by molar-refractivity contribution is -0.137. The molecule has 2 aromatic heterocycles. The number of carbonyl (C=O) groups is 1. The Morgan fingerprint density at radius 3 is 2.85 bits per heavy atom. The molecule has 0 saturated carbocycles. The molecule has 0 unspecified atom stereocenters. The van der Waals surface area contributed by atoms with Crippen LogP contribution in [0, 0.1) is 0 Å². The third-order valence-electron chi connectivity index (χ3n) is 4.78. The van der Waals surface area contributed by atoms with Gasteiger partial charge in [0.1, 0.15) is 5.65 Å². The smallest absolute Gasteiger partial charge is 0.355 e. The Bertz CT molecular complexity index is 1030. The van der Waals surface area contributed by atoms with Crippen molar-refractivity contribution in [3.05, 3.63) is 53.3 Å². The average molecular weight is 374 g/mol. The summed E-state index contributed by atoms with van der Waals surface area (Å²) in [6.07, 6.45) is -2.11. The fourth-order valence-electron chi connectivity index (χ4n) is 3.44. The summed E-state index contributed by atoms with van der Waals surface area (Å²) in [7, 11) is 0. The number of nitrogens with zero attached hydrogens (tertiary/aromatic N) is 2. The first-order valence-corrected chi connectivity index (χ1v) is 8.51. The van der Waals surface area contributed by atoms with Crippen LogP contribution in [0.5, 0.6) is 0 Å². The zero-order chi connectivity index (χ0) is 19.2. The maximum absolute atomic E-state index is 13.0. The van der Waals surface area contributed by atoms with Gasteiger partial charge in [-0.1, -0.05) is 6.07 Å². The molecule has 0 radical (unpaired) electrons. The van der Waals surface area contributed by atoms with Crippen molar-refractivity contribution in [2.75, 3.05) is 11.9 Å². The highest BCUT2D eigenvalue weighted by Crippen LogP contribution is 2.35. The predicted molar refractivity (Wildman–Crippen MR) is 95.6 cm³/mol. The molecule has 0 spiro atoms. The SMILES string of the molecule is CC(=O)N1CCc2[nH]c3nccc(Nc4cccc(C(F)(F)F)c4)c3c2C1. The van der Waals surface area contributed by atoms with Crippen molar-refractivity contribution >= 4 is 28.3 Å². The number of amides is 1. The number of aromatic amines is 1. The standard InChI is InChI=1S/C19H17F3N4O/c1-11(27)26-8-6-15-14(10-26)17-16(5-7-23-18(17)25-15)24-13-4-2-3-12(9-13)19(20,21)22/h2-5,7,9H,6,8,10H2,1H3,(H2,23,24,25). The number of nitrogens with one attached hydrogen (secondary N) is 2. The zero-order valence-electron chi connectivity index (χ0n) is 14.5. The number of halogens is 3. The van der Waals surface area contributed by atoms with Gasteiger partial charge in [-0.3, -0.25) is 4.79 Å². The molecule has 1 amide bonds. The highest BCUT2D eigenvalue weighted by molar-refractivity contribution is 5.95. The Morgan fingerprint density at radius 1 is 1.30 bits per heavy atom. The number of aromatic nitrogens is 2. The number of hydrogen-bond donors (Lipinski definition) is 2. The van der Waals surface area contributed by atoms with Gasteiger partial charge in [0.2, 0.25) is 5.91 Å². The van der Waals surface area contributed by atoms with Crippen molar-refractivity contribution in [1.82, 2.24) is 14.9 Å². The van der Waals surface area contributed by atoms with Crippen LogP contribution in [0.2, 0.25) is 0 Å². The van der Waals surface area contributed by atoms with E-state index in [1.165, 1.54) is 13.0 Å². The van der Waals surface area contributed by atoms with Crippen LogP contribution < -0.4 is 5.32 Å². The zero-order valence-corrected chi connectivity index (χ0v) is 14.5. The van der Waals surface area contributed by atoms with E-state index in [1.54, 1.807) is 23.2 Å². The number of rotatable bonds is 2. The monoisotopic (exact) mass is 374 g/mol. The van der Waals surface area contributed by atoms with Crippen LogP contribution in [-0.4, -0.2) is 27.3 Å². The van der Waals surface area contributed by atoms with Gasteiger partial charge in [-0.15, -0.1) is 0 Å². The van der Waals surface area contributed by atoms with E-state index < -0.39 is 11.7 Å². The molecule has 0 saturated heterocycles. The third-order valence-corrected chi connectivity index (χ3v) is 4.78. The first-order valence-electron chi connectivity index (χ1n) is 8.51. The van der Waals surface area contributed by atoms with E-state index in [1.807, 2.05) is 0 Å². The highest BCUT2D eigenvalue weighted by atomic mass is 19.4. The Labute approximate surface area is 153 Å². The summed E-state index contributed by atoms with van der Waals surface area (Å²) in [6.45, 7) is 2.61. The van der Waals surface area contributed by atoms with Crippen LogP contribution in [0.4, 0.5) is 24.5 Å². The van der Waals surface area contributed by atoms with Crippen molar-refractivity contribution in [3.8, 4) is 0 Å². The Balaban J connectivity index is 1.75. The topological polar surface area (TPSA) is 61.0 Å². The molecule has 8 heteroatoms. The largest absolute Gasteiger partial charge is 0.416 e. The molecule has 0 aliphatic carbocycles. The second-order valence-corrected chi connectivity index (χ2v) is 6.56. The molecular formula is C19H17F3N4O. The van der Waals surface area contributed by atoms with Crippen molar-refractivity contribution in [2.24, 2.45) is 0 Å².